The predicted molar refractivity (Wildman–Crippen MR) is 88.0 cm³/mol. The van der Waals surface area contributed by atoms with Gasteiger partial charge in [0.1, 0.15) is 11.3 Å². The number of carboxylic acid groups (broad SMARTS) is 1. The molecule has 0 radical (unpaired) electrons. The zero-order chi connectivity index (χ0) is 17.0. The molecule has 0 unspecified atom stereocenters. The number of hydrogen-bond acceptors (Lipinski definition) is 3. The predicted octanol–water partition coefficient (Wildman–Crippen LogP) is 3.44. The monoisotopic (exact) mass is 331 g/mol. The van der Waals surface area contributed by atoms with Gasteiger partial charge in [0, 0.05) is 25.6 Å². The van der Waals surface area contributed by atoms with Crippen molar-refractivity contribution in [3.05, 3.63) is 23.2 Å². The molecule has 1 aromatic heterocycles. The Kier molecular flexibility index (Phi) is 3.70. The van der Waals surface area contributed by atoms with Crippen LogP contribution in [0.25, 0.3) is 0 Å². The van der Waals surface area contributed by atoms with Gasteiger partial charge in [0.2, 0.25) is 0 Å². The van der Waals surface area contributed by atoms with E-state index in [0.29, 0.717) is 24.0 Å². The highest BCUT2D eigenvalue weighted by atomic mass is 16.4. The lowest BCUT2D eigenvalue weighted by atomic mass is 9.54. The van der Waals surface area contributed by atoms with Crippen molar-refractivity contribution < 1.29 is 19.1 Å². The summed E-state index contributed by atoms with van der Waals surface area (Å²) in [4.78, 5) is 26.1. The van der Waals surface area contributed by atoms with Crippen LogP contribution in [0.2, 0.25) is 0 Å². The molecule has 4 saturated carbocycles. The van der Waals surface area contributed by atoms with Crippen molar-refractivity contribution in [3.8, 4) is 0 Å². The minimum Gasteiger partial charge on any atom is -0.478 e. The van der Waals surface area contributed by atoms with Gasteiger partial charge in [0.15, 0.2) is 5.76 Å². The smallest absolute Gasteiger partial charge is 0.339 e. The van der Waals surface area contributed by atoms with E-state index in [1.165, 1.54) is 38.2 Å². The molecule has 1 aromatic rings. The van der Waals surface area contributed by atoms with E-state index in [-0.39, 0.29) is 23.3 Å². The van der Waals surface area contributed by atoms with Crippen LogP contribution in [0.5, 0.6) is 0 Å². The van der Waals surface area contributed by atoms with Crippen molar-refractivity contribution in [2.45, 2.75) is 51.5 Å². The molecule has 0 aliphatic heterocycles. The summed E-state index contributed by atoms with van der Waals surface area (Å²) in [7, 11) is 1.86. The highest BCUT2D eigenvalue weighted by Crippen LogP contribution is 2.55. The molecular weight excluding hydrogens is 306 g/mol. The lowest BCUT2D eigenvalue weighted by molar-refractivity contribution is -0.0497. The standard InChI is InChI=1S/C19H25NO4/c1-3-15-14(19(22)23)9-16(24-15)18(21)20(2)17-12-5-10-4-11(7-12)8-13(17)6-10/h9-13,17H,3-8H2,1-2H3,(H,22,23). The normalized spacial score (nSPS) is 33.7. The van der Waals surface area contributed by atoms with Crippen LogP contribution in [-0.4, -0.2) is 35.0 Å². The second-order valence-corrected chi connectivity index (χ2v) is 7.94. The van der Waals surface area contributed by atoms with E-state index < -0.39 is 5.97 Å². The maximum Gasteiger partial charge on any atom is 0.339 e. The third-order valence-electron chi connectivity index (χ3n) is 6.52. The summed E-state index contributed by atoms with van der Waals surface area (Å²) in [6, 6.07) is 1.68. The second-order valence-electron chi connectivity index (χ2n) is 7.94. The Labute approximate surface area is 142 Å². The highest BCUT2D eigenvalue weighted by Gasteiger charge is 2.50. The number of carbonyl (C=O) groups excluding carboxylic acids is 1. The maximum absolute atomic E-state index is 12.9. The molecule has 5 nitrogen and oxygen atoms in total. The van der Waals surface area contributed by atoms with Crippen LogP contribution in [0.3, 0.4) is 0 Å². The largest absolute Gasteiger partial charge is 0.478 e. The molecule has 1 N–H and O–H groups in total. The van der Waals surface area contributed by atoms with Crippen LogP contribution in [0.1, 0.15) is 65.7 Å². The second kappa shape index (κ2) is 5.64. The van der Waals surface area contributed by atoms with E-state index in [0.717, 1.165) is 11.8 Å². The summed E-state index contributed by atoms with van der Waals surface area (Å²) in [6.07, 6.45) is 6.83. The van der Waals surface area contributed by atoms with Gasteiger partial charge in [0.25, 0.3) is 5.91 Å². The average Bonchev–Trinajstić information content (AvgIpc) is 2.97. The van der Waals surface area contributed by atoms with E-state index in [1.807, 2.05) is 18.9 Å². The van der Waals surface area contributed by atoms with Crippen molar-refractivity contribution in [1.29, 1.82) is 0 Å². The Hall–Kier alpha value is -1.78. The summed E-state index contributed by atoms with van der Waals surface area (Å²) in [6.45, 7) is 1.83. The summed E-state index contributed by atoms with van der Waals surface area (Å²) < 4.78 is 5.58. The minimum atomic E-state index is -1.04. The van der Waals surface area contributed by atoms with Crippen LogP contribution >= 0.6 is 0 Å². The van der Waals surface area contributed by atoms with Gasteiger partial charge < -0.3 is 14.4 Å². The molecule has 5 rings (SSSR count). The summed E-state index contributed by atoms with van der Waals surface area (Å²) in [5.74, 6) is 2.28. The third kappa shape index (κ3) is 2.36. The first-order valence-electron chi connectivity index (χ1n) is 9.11. The molecule has 0 spiro atoms. The van der Waals surface area contributed by atoms with Gasteiger partial charge in [-0.25, -0.2) is 4.79 Å². The fourth-order valence-electron chi connectivity index (χ4n) is 5.82. The van der Waals surface area contributed by atoms with Crippen LogP contribution in [0.4, 0.5) is 0 Å². The topological polar surface area (TPSA) is 70.8 Å². The molecule has 4 aliphatic rings. The number of carboxylic acids is 1. The van der Waals surface area contributed by atoms with Crippen molar-refractivity contribution in [1.82, 2.24) is 4.90 Å². The number of nitrogens with zero attached hydrogens (tertiary/aromatic N) is 1. The van der Waals surface area contributed by atoms with Gasteiger partial charge >= 0.3 is 5.97 Å². The molecule has 0 atom stereocenters. The molecule has 4 bridgehead atoms. The average molecular weight is 331 g/mol. The molecule has 24 heavy (non-hydrogen) atoms. The number of hydrogen-bond donors (Lipinski definition) is 1. The van der Waals surface area contributed by atoms with Crippen LogP contribution in [-0.2, 0) is 6.42 Å². The van der Waals surface area contributed by atoms with E-state index >= 15 is 0 Å². The number of aromatic carboxylic acids is 1. The minimum absolute atomic E-state index is 0.110. The molecule has 0 saturated heterocycles. The molecule has 4 aliphatic carbocycles. The molecule has 130 valence electrons. The molecule has 4 fully saturated rings. The first-order valence-corrected chi connectivity index (χ1v) is 9.11. The maximum atomic E-state index is 12.9. The fraction of sp³-hybridized carbons (Fsp3) is 0.684. The number of aryl methyl sites for hydroxylation is 1. The van der Waals surface area contributed by atoms with Crippen molar-refractivity contribution in [3.63, 3.8) is 0 Å². The van der Waals surface area contributed by atoms with E-state index in [9.17, 15) is 14.7 Å². The Morgan fingerprint density at radius 1 is 1.17 bits per heavy atom. The van der Waals surface area contributed by atoms with Gasteiger partial charge in [-0.3, -0.25) is 4.79 Å². The first kappa shape index (κ1) is 15.7. The van der Waals surface area contributed by atoms with Gasteiger partial charge in [-0.1, -0.05) is 6.92 Å². The van der Waals surface area contributed by atoms with E-state index in [4.69, 9.17) is 4.42 Å². The van der Waals surface area contributed by atoms with Gasteiger partial charge in [-0.05, 0) is 55.8 Å². The van der Waals surface area contributed by atoms with Gasteiger partial charge in [-0.2, -0.15) is 0 Å². The number of furan rings is 1. The van der Waals surface area contributed by atoms with Crippen LogP contribution < -0.4 is 0 Å². The molecule has 0 aromatic carbocycles. The molecule has 1 amide bonds. The highest BCUT2D eigenvalue weighted by molar-refractivity contribution is 5.96. The van der Waals surface area contributed by atoms with E-state index in [1.54, 1.807) is 0 Å². The number of amides is 1. The molecular formula is C19H25NO4. The van der Waals surface area contributed by atoms with Crippen LogP contribution in [0, 0.1) is 23.7 Å². The molecule has 1 heterocycles. The lowest BCUT2D eigenvalue weighted by Crippen LogP contribution is -2.56. The van der Waals surface area contributed by atoms with Crippen molar-refractivity contribution in [2.24, 2.45) is 23.7 Å². The Morgan fingerprint density at radius 2 is 1.75 bits per heavy atom. The number of rotatable bonds is 4. The van der Waals surface area contributed by atoms with Gasteiger partial charge in [-0.15, -0.1) is 0 Å². The molecule has 5 heteroatoms. The fourth-order valence-corrected chi connectivity index (χ4v) is 5.82. The van der Waals surface area contributed by atoms with Crippen LogP contribution in [0.15, 0.2) is 10.5 Å². The lowest BCUT2D eigenvalue weighted by Gasteiger charge is -2.56. The Morgan fingerprint density at radius 3 is 2.21 bits per heavy atom. The third-order valence-corrected chi connectivity index (χ3v) is 6.52. The Balaban J connectivity index is 1.57. The quantitative estimate of drug-likeness (QED) is 0.917. The summed E-state index contributed by atoms with van der Waals surface area (Å²) in [5, 5.41) is 9.26. The van der Waals surface area contributed by atoms with E-state index in [2.05, 4.69) is 0 Å². The van der Waals surface area contributed by atoms with Crippen molar-refractivity contribution >= 4 is 11.9 Å². The van der Waals surface area contributed by atoms with Crippen molar-refractivity contribution in [2.75, 3.05) is 7.05 Å². The van der Waals surface area contributed by atoms with Gasteiger partial charge in [0.05, 0.1) is 0 Å². The number of carbonyl (C=O) groups is 2. The Bertz CT molecular complexity index is 649. The summed E-state index contributed by atoms with van der Waals surface area (Å²) in [5.41, 5.74) is 0.110. The zero-order valence-corrected chi connectivity index (χ0v) is 14.3. The zero-order valence-electron chi connectivity index (χ0n) is 14.3. The first-order chi connectivity index (χ1) is 11.5. The SMILES string of the molecule is CCc1oc(C(=O)N(C)C2C3CC4CC(C3)CC2C4)cc1C(=O)O. The summed E-state index contributed by atoms with van der Waals surface area (Å²) >= 11 is 0.